The maximum absolute atomic E-state index is 12.4. The standard InChI is InChI=1S/C21H23N3O5/c1-2-28-19(25)13-29-18-5-3-4-17(12-18)22-20(26)14-6-8-15(9-7-14)23-21(27)24-16-10-11-16/h3-9,12,16H,2,10-11,13H2,1H3,(H,22,26)(H2,23,24,27). The Bertz CT molecular complexity index is 878. The molecule has 0 radical (unpaired) electrons. The molecule has 0 bridgehead atoms. The second-order valence-corrected chi connectivity index (χ2v) is 6.53. The Morgan fingerprint density at radius 3 is 2.45 bits per heavy atom. The molecule has 0 aromatic heterocycles. The maximum Gasteiger partial charge on any atom is 0.344 e. The zero-order valence-electron chi connectivity index (χ0n) is 16.1. The van der Waals surface area contributed by atoms with Gasteiger partial charge in [-0.2, -0.15) is 0 Å². The molecule has 0 heterocycles. The van der Waals surface area contributed by atoms with Gasteiger partial charge in [0, 0.05) is 29.0 Å². The topological polar surface area (TPSA) is 106 Å². The lowest BCUT2D eigenvalue weighted by Crippen LogP contribution is -2.30. The number of anilines is 2. The lowest BCUT2D eigenvalue weighted by atomic mass is 10.2. The average molecular weight is 397 g/mol. The highest BCUT2D eigenvalue weighted by Crippen LogP contribution is 2.20. The molecule has 3 N–H and O–H groups in total. The molecule has 152 valence electrons. The van der Waals surface area contributed by atoms with Gasteiger partial charge in [0.05, 0.1) is 6.61 Å². The summed E-state index contributed by atoms with van der Waals surface area (Å²) < 4.78 is 10.2. The number of esters is 1. The van der Waals surface area contributed by atoms with Crippen LogP contribution in [0.4, 0.5) is 16.2 Å². The zero-order chi connectivity index (χ0) is 20.6. The van der Waals surface area contributed by atoms with Gasteiger partial charge in [-0.15, -0.1) is 0 Å². The highest BCUT2D eigenvalue weighted by atomic mass is 16.6. The SMILES string of the molecule is CCOC(=O)COc1cccc(NC(=O)c2ccc(NC(=O)NC3CC3)cc2)c1. The Kier molecular flexibility index (Phi) is 6.67. The van der Waals surface area contributed by atoms with Gasteiger partial charge < -0.3 is 25.4 Å². The fourth-order valence-electron chi connectivity index (χ4n) is 2.50. The molecule has 2 aromatic rings. The summed E-state index contributed by atoms with van der Waals surface area (Å²) in [6, 6.07) is 13.3. The van der Waals surface area contributed by atoms with E-state index in [0.717, 1.165) is 12.8 Å². The Morgan fingerprint density at radius 2 is 1.76 bits per heavy atom. The molecule has 0 saturated heterocycles. The summed E-state index contributed by atoms with van der Waals surface area (Å²) in [7, 11) is 0. The van der Waals surface area contributed by atoms with Crippen LogP contribution in [0.15, 0.2) is 48.5 Å². The highest BCUT2D eigenvalue weighted by molar-refractivity contribution is 6.04. The van der Waals surface area contributed by atoms with Gasteiger partial charge in [-0.3, -0.25) is 4.79 Å². The van der Waals surface area contributed by atoms with E-state index in [1.807, 2.05) is 0 Å². The van der Waals surface area contributed by atoms with E-state index in [0.29, 0.717) is 22.7 Å². The van der Waals surface area contributed by atoms with Crippen LogP contribution in [0, 0.1) is 0 Å². The molecular formula is C21H23N3O5. The number of hydrogen-bond acceptors (Lipinski definition) is 5. The van der Waals surface area contributed by atoms with E-state index in [4.69, 9.17) is 9.47 Å². The van der Waals surface area contributed by atoms with Gasteiger partial charge in [-0.25, -0.2) is 9.59 Å². The van der Waals surface area contributed by atoms with Gasteiger partial charge in [0.2, 0.25) is 0 Å². The Hall–Kier alpha value is -3.55. The molecule has 2 aromatic carbocycles. The molecule has 0 atom stereocenters. The predicted octanol–water partition coefficient (Wildman–Crippen LogP) is 3.16. The molecule has 0 spiro atoms. The second-order valence-electron chi connectivity index (χ2n) is 6.53. The summed E-state index contributed by atoms with van der Waals surface area (Å²) in [6.45, 7) is 1.81. The molecule has 1 aliphatic carbocycles. The first-order valence-corrected chi connectivity index (χ1v) is 9.41. The van der Waals surface area contributed by atoms with Crippen molar-refractivity contribution in [3.63, 3.8) is 0 Å². The molecule has 3 rings (SSSR count). The number of ether oxygens (including phenoxy) is 2. The van der Waals surface area contributed by atoms with E-state index < -0.39 is 5.97 Å². The normalized spacial score (nSPS) is 12.6. The minimum atomic E-state index is -0.457. The van der Waals surface area contributed by atoms with Crippen molar-refractivity contribution in [3.05, 3.63) is 54.1 Å². The summed E-state index contributed by atoms with van der Waals surface area (Å²) >= 11 is 0. The molecule has 1 saturated carbocycles. The molecular weight excluding hydrogens is 374 g/mol. The van der Waals surface area contributed by atoms with Crippen molar-refractivity contribution in [1.82, 2.24) is 5.32 Å². The summed E-state index contributed by atoms with van der Waals surface area (Å²) in [5.74, 6) is -0.319. The van der Waals surface area contributed by atoms with Crippen LogP contribution < -0.4 is 20.7 Å². The highest BCUT2D eigenvalue weighted by Gasteiger charge is 2.23. The number of urea groups is 1. The third-order valence-electron chi connectivity index (χ3n) is 4.07. The van der Waals surface area contributed by atoms with Gasteiger partial charge in [0.25, 0.3) is 5.91 Å². The molecule has 1 fully saturated rings. The van der Waals surface area contributed by atoms with Crippen molar-refractivity contribution >= 4 is 29.3 Å². The van der Waals surface area contributed by atoms with Crippen LogP contribution in [0.1, 0.15) is 30.1 Å². The molecule has 8 nitrogen and oxygen atoms in total. The first-order chi connectivity index (χ1) is 14.0. The Labute approximate surface area is 168 Å². The Morgan fingerprint density at radius 1 is 1.00 bits per heavy atom. The van der Waals surface area contributed by atoms with Crippen molar-refractivity contribution in [2.75, 3.05) is 23.8 Å². The monoisotopic (exact) mass is 397 g/mol. The molecule has 29 heavy (non-hydrogen) atoms. The van der Waals surface area contributed by atoms with Gasteiger partial charge in [-0.05, 0) is 56.2 Å². The molecule has 8 heteroatoms. The van der Waals surface area contributed by atoms with Gasteiger partial charge in [0.15, 0.2) is 6.61 Å². The average Bonchev–Trinajstić information content (AvgIpc) is 3.51. The summed E-state index contributed by atoms with van der Waals surface area (Å²) in [4.78, 5) is 35.5. The number of amides is 3. The van der Waals surface area contributed by atoms with Crippen molar-refractivity contribution in [3.8, 4) is 5.75 Å². The van der Waals surface area contributed by atoms with Crippen LogP contribution in [0.3, 0.4) is 0 Å². The van der Waals surface area contributed by atoms with Crippen molar-refractivity contribution in [1.29, 1.82) is 0 Å². The van der Waals surface area contributed by atoms with E-state index in [1.54, 1.807) is 55.5 Å². The van der Waals surface area contributed by atoms with Gasteiger partial charge in [-0.1, -0.05) is 6.07 Å². The third kappa shape index (κ3) is 6.53. The zero-order valence-corrected chi connectivity index (χ0v) is 16.1. The summed E-state index contributed by atoms with van der Waals surface area (Å²) in [5, 5.41) is 8.34. The molecule has 3 amide bonds. The largest absolute Gasteiger partial charge is 0.482 e. The number of nitrogens with one attached hydrogen (secondary N) is 3. The number of carbonyl (C=O) groups excluding carboxylic acids is 3. The van der Waals surface area contributed by atoms with Crippen molar-refractivity contribution in [2.45, 2.75) is 25.8 Å². The van der Waals surface area contributed by atoms with E-state index in [1.165, 1.54) is 0 Å². The van der Waals surface area contributed by atoms with Crippen LogP contribution in [-0.4, -0.2) is 37.2 Å². The van der Waals surface area contributed by atoms with Crippen LogP contribution in [0.2, 0.25) is 0 Å². The second kappa shape index (κ2) is 9.59. The smallest absolute Gasteiger partial charge is 0.344 e. The Balaban J connectivity index is 1.53. The summed E-state index contributed by atoms with van der Waals surface area (Å²) in [5.41, 5.74) is 1.58. The number of rotatable bonds is 8. The number of hydrogen-bond donors (Lipinski definition) is 3. The van der Waals surface area contributed by atoms with Gasteiger partial charge >= 0.3 is 12.0 Å². The fraction of sp³-hybridized carbons (Fsp3) is 0.286. The van der Waals surface area contributed by atoms with Crippen LogP contribution in [-0.2, 0) is 9.53 Å². The predicted molar refractivity (Wildman–Crippen MR) is 108 cm³/mol. The van der Waals surface area contributed by atoms with Crippen molar-refractivity contribution < 1.29 is 23.9 Å². The first kappa shape index (κ1) is 20.2. The molecule has 0 unspecified atom stereocenters. The minimum absolute atomic E-state index is 0.200. The minimum Gasteiger partial charge on any atom is -0.482 e. The lowest BCUT2D eigenvalue weighted by Gasteiger charge is -2.10. The van der Waals surface area contributed by atoms with Crippen LogP contribution >= 0.6 is 0 Å². The number of benzene rings is 2. The fourth-order valence-corrected chi connectivity index (χ4v) is 2.50. The maximum atomic E-state index is 12.4. The van der Waals surface area contributed by atoms with Crippen LogP contribution in [0.5, 0.6) is 5.75 Å². The van der Waals surface area contributed by atoms with Crippen LogP contribution in [0.25, 0.3) is 0 Å². The lowest BCUT2D eigenvalue weighted by molar-refractivity contribution is -0.145. The van der Waals surface area contributed by atoms with E-state index in [-0.39, 0.29) is 31.2 Å². The van der Waals surface area contributed by atoms with Crippen molar-refractivity contribution in [2.24, 2.45) is 0 Å². The summed E-state index contributed by atoms with van der Waals surface area (Å²) in [6.07, 6.45) is 2.03. The van der Waals surface area contributed by atoms with E-state index in [2.05, 4.69) is 16.0 Å². The van der Waals surface area contributed by atoms with Gasteiger partial charge in [0.1, 0.15) is 5.75 Å². The molecule has 1 aliphatic rings. The third-order valence-corrected chi connectivity index (χ3v) is 4.07. The van der Waals surface area contributed by atoms with E-state index >= 15 is 0 Å². The quantitative estimate of drug-likeness (QED) is 0.594. The number of carbonyl (C=O) groups is 3. The molecule has 0 aliphatic heterocycles. The van der Waals surface area contributed by atoms with E-state index in [9.17, 15) is 14.4 Å². The first-order valence-electron chi connectivity index (χ1n) is 9.41.